The van der Waals surface area contributed by atoms with E-state index in [1.54, 1.807) is 6.92 Å². The second kappa shape index (κ2) is 8.47. The molecule has 0 bridgehead atoms. The molecule has 3 rings (SSSR count). The maximum atomic E-state index is 13.0. The summed E-state index contributed by atoms with van der Waals surface area (Å²) in [5, 5.41) is 5.70. The van der Waals surface area contributed by atoms with Crippen molar-refractivity contribution in [3.05, 3.63) is 71.3 Å². The maximum Gasteiger partial charge on any atom is 0.325 e. The van der Waals surface area contributed by atoms with Gasteiger partial charge in [0.05, 0.1) is 6.04 Å². The highest BCUT2D eigenvalue weighted by atomic mass is 16.2. The Morgan fingerprint density at radius 3 is 2.38 bits per heavy atom. The summed E-state index contributed by atoms with van der Waals surface area (Å²) in [6.07, 6.45) is 1.67. The number of aryl methyl sites for hydroxylation is 1. The van der Waals surface area contributed by atoms with Gasteiger partial charge in [0.1, 0.15) is 12.1 Å². The van der Waals surface area contributed by atoms with Gasteiger partial charge in [0.2, 0.25) is 5.91 Å². The van der Waals surface area contributed by atoms with Crippen LogP contribution < -0.4 is 10.6 Å². The first kappa shape index (κ1) is 20.6. The molecule has 2 aromatic rings. The third-order valence-electron chi connectivity index (χ3n) is 5.32. The zero-order chi connectivity index (χ0) is 21.0. The van der Waals surface area contributed by atoms with Crippen molar-refractivity contribution in [1.82, 2.24) is 15.5 Å². The predicted octanol–water partition coefficient (Wildman–Crippen LogP) is 3.42. The molecule has 1 fully saturated rings. The molecule has 152 valence electrons. The summed E-state index contributed by atoms with van der Waals surface area (Å²) in [7, 11) is 0. The van der Waals surface area contributed by atoms with Gasteiger partial charge in [0, 0.05) is 0 Å². The van der Waals surface area contributed by atoms with Gasteiger partial charge in [-0.25, -0.2) is 4.79 Å². The summed E-state index contributed by atoms with van der Waals surface area (Å²) in [5.74, 6) is -0.780. The Hall–Kier alpha value is -3.15. The monoisotopic (exact) mass is 393 g/mol. The average Bonchev–Trinajstić information content (AvgIpc) is 2.92. The molecule has 0 spiro atoms. The molecule has 1 heterocycles. The van der Waals surface area contributed by atoms with Crippen molar-refractivity contribution in [3.8, 4) is 0 Å². The van der Waals surface area contributed by atoms with Crippen LogP contribution in [-0.2, 0) is 15.1 Å². The van der Waals surface area contributed by atoms with Crippen LogP contribution in [0.1, 0.15) is 49.4 Å². The largest absolute Gasteiger partial charge is 0.348 e. The fourth-order valence-electron chi connectivity index (χ4n) is 3.60. The van der Waals surface area contributed by atoms with Crippen LogP contribution in [0.15, 0.2) is 54.6 Å². The lowest BCUT2D eigenvalue weighted by Crippen LogP contribution is -2.43. The molecule has 29 heavy (non-hydrogen) atoms. The summed E-state index contributed by atoms with van der Waals surface area (Å²) in [6.45, 7) is 5.36. The maximum absolute atomic E-state index is 13.0. The van der Waals surface area contributed by atoms with Gasteiger partial charge in [-0.05, 0) is 31.4 Å². The first-order chi connectivity index (χ1) is 13.8. The first-order valence-corrected chi connectivity index (χ1v) is 9.90. The van der Waals surface area contributed by atoms with Gasteiger partial charge in [-0.1, -0.05) is 73.5 Å². The van der Waals surface area contributed by atoms with Crippen molar-refractivity contribution >= 4 is 17.8 Å². The highest BCUT2D eigenvalue weighted by Crippen LogP contribution is 2.29. The average molecular weight is 393 g/mol. The Balaban J connectivity index is 1.72. The highest BCUT2D eigenvalue weighted by molar-refractivity contribution is 6.09. The molecule has 0 saturated carbocycles. The third-order valence-corrected chi connectivity index (χ3v) is 5.32. The molecule has 2 aromatic carbocycles. The number of nitrogens with zero attached hydrogens (tertiary/aromatic N) is 1. The molecule has 2 atom stereocenters. The van der Waals surface area contributed by atoms with Crippen molar-refractivity contribution in [1.29, 1.82) is 0 Å². The molecular weight excluding hydrogens is 366 g/mol. The number of rotatable bonds is 7. The summed E-state index contributed by atoms with van der Waals surface area (Å²) in [6, 6.07) is 16.4. The first-order valence-electron chi connectivity index (χ1n) is 9.90. The van der Waals surface area contributed by atoms with Crippen molar-refractivity contribution in [3.63, 3.8) is 0 Å². The number of hydrogen-bond acceptors (Lipinski definition) is 3. The molecule has 0 radical (unpaired) electrons. The predicted molar refractivity (Wildman–Crippen MR) is 111 cm³/mol. The summed E-state index contributed by atoms with van der Waals surface area (Å²) >= 11 is 0. The lowest BCUT2D eigenvalue weighted by Gasteiger charge is -2.23. The third kappa shape index (κ3) is 4.31. The number of hydrogen-bond donors (Lipinski definition) is 2. The number of amides is 4. The molecule has 0 aromatic heterocycles. The summed E-state index contributed by atoms with van der Waals surface area (Å²) in [4.78, 5) is 39.1. The Kier molecular flexibility index (Phi) is 6.01. The molecule has 6 heteroatoms. The van der Waals surface area contributed by atoms with E-state index in [1.807, 2.05) is 68.4 Å². The molecule has 2 N–H and O–H groups in total. The zero-order valence-corrected chi connectivity index (χ0v) is 17.1. The van der Waals surface area contributed by atoms with Crippen LogP contribution in [0.2, 0.25) is 0 Å². The van der Waals surface area contributed by atoms with Gasteiger partial charge >= 0.3 is 6.03 Å². The van der Waals surface area contributed by atoms with Crippen LogP contribution in [-0.4, -0.2) is 29.3 Å². The van der Waals surface area contributed by atoms with Gasteiger partial charge in [0.25, 0.3) is 5.91 Å². The number of carbonyl (C=O) groups is 3. The Morgan fingerprint density at radius 1 is 1.10 bits per heavy atom. The molecule has 0 unspecified atom stereocenters. The fraction of sp³-hybridized carbons (Fsp3) is 0.348. The zero-order valence-electron chi connectivity index (χ0n) is 17.1. The molecule has 1 saturated heterocycles. The molecular formula is C23H27N3O3. The van der Waals surface area contributed by atoms with Crippen LogP contribution in [0.3, 0.4) is 0 Å². The van der Waals surface area contributed by atoms with Crippen LogP contribution >= 0.6 is 0 Å². The van der Waals surface area contributed by atoms with Gasteiger partial charge in [-0.2, -0.15) is 0 Å². The van der Waals surface area contributed by atoms with Crippen LogP contribution in [0.5, 0.6) is 0 Å². The standard InChI is InChI=1S/C23H27N3O3/c1-4-8-19(17-9-6-5-7-10-17)24-20(27)15-26-21(28)23(3,25-22(26)29)18-13-11-16(2)12-14-18/h5-7,9-14,19H,4,8,15H2,1-3H3,(H,24,27)(H,25,29)/t19-,23+/m1/s1. The van der Waals surface area contributed by atoms with E-state index in [-0.39, 0.29) is 18.5 Å². The molecule has 1 aliphatic heterocycles. The Labute approximate surface area is 171 Å². The van der Waals surface area contributed by atoms with E-state index < -0.39 is 17.5 Å². The van der Waals surface area contributed by atoms with E-state index in [0.717, 1.165) is 28.9 Å². The van der Waals surface area contributed by atoms with Crippen molar-refractivity contribution in [2.24, 2.45) is 0 Å². The van der Waals surface area contributed by atoms with E-state index in [1.165, 1.54) is 0 Å². The summed E-state index contributed by atoms with van der Waals surface area (Å²) in [5.41, 5.74) is 1.59. The van der Waals surface area contributed by atoms with Gasteiger partial charge < -0.3 is 10.6 Å². The topological polar surface area (TPSA) is 78.5 Å². The van der Waals surface area contributed by atoms with E-state index in [2.05, 4.69) is 10.6 Å². The van der Waals surface area contributed by atoms with Gasteiger partial charge in [0.15, 0.2) is 0 Å². The van der Waals surface area contributed by atoms with Crippen molar-refractivity contribution in [2.75, 3.05) is 6.54 Å². The SMILES string of the molecule is CCC[C@@H](NC(=O)CN1C(=O)N[C@@](C)(c2ccc(C)cc2)C1=O)c1ccccc1. The van der Waals surface area contributed by atoms with E-state index in [4.69, 9.17) is 0 Å². The number of urea groups is 1. The van der Waals surface area contributed by atoms with E-state index >= 15 is 0 Å². The molecule has 1 aliphatic rings. The van der Waals surface area contributed by atoms with Crippen molar-refractivity contribution < 1.29 is 14.4 Å². The fourth-order valence-corrected chi connectivity index (χ4v) is 3.60. The Bertz CT molecular complexity index is 895. The lowest BCUT2D eigenvalue weighted by molar-refractivity contribution is -0.135. The van der Waals surface area contributed by atoms with Crippen LogP contribution in [0, 0.1) is 6.92 Å². The van der Waals surface area contributed by atoms with Gasteiger partial charge in [-0.15, -0.1) is 0 Å². The minimum absolute atomic E-state index is 0.155. The molecule has 0 aliphatic carbocycles. The number of benzene rings is 2. The van der Waals surface area contributed by atoms with Crippen LogP contribution in [0.25, 0.3) is 0 Å². The quantitative estimate of drug-likeness (QED) is 0.708. The normalized spacial score (nSPS) is 19.8. The smallest absolute Gasteiger partial charge is 0.325 e. The number of carbonyl (C=O) groups excluding carboxylic acids is 3. The number of nitrogens with one attached hydrogen (secondary N) is 2. The second-order valence-corrected chi connectivity index (χ2v) is 7.63. The Morgan fingerprint density at radius 2 is 1.76 bits per heavy atom. The van der Waals surface area contributed by atoms with Crippen molar-refractivity contribution in [2.45, 2.75) is 45.2 Å². The van der Waals surface area contributed by atoms with Gasteiger partial charge in [-0.3, -0.25) is 14.5 Å². The van der Waals surface area contributed by atoms with Crippen LogP contribution in [0.4, 0.5) is 4.79 Å². The molecule has 4 amide bonds. The molecule has 6 nitrogen and oxygen atoms in total. The lowest BCUT2D eigenvalue weighted by atomic mass is 9.91. The summed E-state index contributed by atoms with van der Waals surface area (Å²) < 4.78 is 0. The second-order valence-electron chi connectivity index (χ2n) is 7.63. The van der Waals surface area contributed by atoms with E-state index in [9.17, 15) is 14.4 Å². The number of imide groups is 1. The van der Waals surface area contributed by atoms with E-state index in [0.29, 0.717) is 5.56 Å². The minimum Gasteiger partial charge on any atom is -0.348 e. The minimum atomic E-state index is -1.17. The highest BCUT2D eigenvalue weighted by Gasteiger charge is 2.49.